The Kier molecular flexibility index (Phi) is 4.72. The molecule has 0 spiro atoms. The number of hydrogen-bond donors (Lipinski definition) is 2. The second-order valence-electron chi connectivity index (χ2n) is 5.04. The number of amides is 1. The normalized spacial score (nSPS) is 18.0. The van der Waals surface area contributed by atoms with Gasteiger partial charge < -0.3 is 15.8 Å². The summed E-state index contributed by atoms with van der Waals surface area (Å²) in [6.07, 6.45) is -1.54. The van der Waals surface area contributed by atoms with Gasteiger partial charge in [-0.2, -0.15) is 13.2 Å². The third kappa shape index (κ3) is 4.63. The van der Waals surface area contributed by atoms with E-state index in [1.807, 2.05) is 6.07 Å². The van der Waals surface area contributed by atoms with Gasteiger partial charge in [0.2, 0.25) is 0 Å². The molecule has 116 valence electrons. The van der Waals surface area contributed by atoms with Gasteiger partial charge >= 0.3 is 6.18 Å². The highest BCUT2D eigenvalue weighted by atomic mass is 19.4. The number of halogens is 3. The van der Waals surface area contributed by atoms with Crippen LogP contribution in [-0.2, 0) is 11.2 Å². The van der Waals surface area contributed by atoms with Crippen molar-refractivity contribution in [3.8, 4) is 5.75 Å². The van der Waals surface area contributed by atoms with E-state index >= 15 is 0 Å². The van der Waals surface area contributed by atoms with Gasteiger partial charge in [-0.15, -0.1) is 0 Å². The molecule has 1 aliphatic carbocycles. The Morgan fingerprint density at radius 2 is 2.19 bits per heavy atom. The number of nitrogens with one attached hydrogen (secondary N) is 1. The number of fused-ring (bicyclic) bond motifs is 1. The van der Waals surface area contributed by atoms with E-state index in [1.54, 1.807) is 17.4 Å². The molecule has 0 unspecified atom stereocenters. The Bertz CT molecular complexity index is 517. The Hall–Kier alpha value is -1.76. The molecular formula is C14H17F3N2O2. The third-order valence-corrected chi connectivity index (χ3v) is 3.33. The molecule has 0 aromatic heterocycles. The number of alkyl halides is 3. The standard InChI is InChI=1S/C14H17F3N2O2/c15-14(16,17)8-19-13(20)7-21-10-5-4-9-2-1-3-12(18)11(9)6-10/h4-6,12H,1-3,7-8,18H2,(H,19,20)/t12-/m0/s1. The molecule has 1 aromatic carbocycles. The van der Waals surface area contributed by atoms with Crippen molar-refractivity contribution in [1.82, 2.24) is 5.32 Å². The van der Waals surface area contributed by atoms with Crippen LogP contribution in [0.5, 0.6) is 5.75 Å². The first-order valence-corrected chi connectivity index (χ1v) is 6.70. The van der Waals surface area contributed by atoms with Gasteiger partial charge in [-0.05, 0) is 42.5 Å². The van der Waals surface area contributed by atoms with Crippen LogP contribution in [-0.4, -0.2) is 25.2 Å². The zero-order valence-corrected chi connectivity index (χ0v) is 11.4. The fourth-order valence-electron chi connectivity index (χ4n) is 2.30. The maximum absolute atomic E-state index is 11.9. The van der Waals surface area contributed by atoms with Crippen molar-refractivity contribution in [3.63, 3.8) is 0 Å². The molecule has 0 saturated carbocycles. The molecule has 0 radical (unpaired) electrons. The highest BCUT2D eigenvalue weighted by Crippen LogP contribution is 2.30. The zero-order valence-electron chi connectivity index (χ0n) is 11.4. The Morgan fingerprint density at radius 3 is 2.90 bits per heavy atom. The van der Waals surface area contributed by atoms with E-state index in [4.69, 9.17) is 10.5 Å². The lowest BCUT2D eigenvalue weighted by atomic mass is 9.88. The lowest BCUT2D eigenvalue weighted by Gasteiger charge is -2.22. The smallest absolute Gasteiger partial charge is 0.405 e. The minimum Gasteiger partial charge on any atom is -0.484 e. The fraction of sp³-hybridized carbons (Fsp3) is 0.500. The first kappa shape index (κ1) is 15.6. The van der Waals surface area contributed by atoms with Crippen molar-refractivity contribution >= 4 is 5.91 Å². The van der Waals surface area contributed by atoms with Gasteiger partial charge in [-0.25, -0.2) is 0 Å². The summed E-state index contributed by atoms with van der Waals surface area (Å²) in [4.78, 5) is 11.3. The van der Waals surface area contributed by atoms with Crippen LogP contribution in [0.4, 0.5) is 13.2 Å². The number of benzene rings is 1. The molecule has 0 fully saturated rings. The van der Waals surface area contributed by atoms with Gasteiger partial charge in [-0.1, -0.05) is 6.07 Å². The summed E-state index contributed by atoms with van der Waals surface area (Å²) in [6, 6.07) is 5.29. The number of ether oxygens (including phenoxy) is 1. The summed E-state index contributed by atoms with van der Waals surface area (Å²) < 4.78 is 41.0. The molecule has 3 N–H and O–H groups in total. The Labute approximate surface area is 120 Å². The quantitative estimate of drug-likeness (QED) is 0.895. The van der Waals surface area contributed by atoms with Crippen LogP contribution in [0, 0.1) is 0 Å². The lowest BCUT2D eigenvalue weighted by molar-refractivity contribution is -0.139. The van der Waals surface area contributed by atoms with Crippen LogP contribution in [0.2, 0.25) is 0 Å². The zero-order chi connectivity index (χ0) is 15.5. The molecule has 1 aliphatic rings. The van der Waals surface area contributed by atoms with E-state index in [2.05, 4.69) is 0 Å². The van der Waals surface area contributed by atoms with Crippen molar-refractivity contribution in [2.75, 3.05) is 13.2 Å². The third-order valence-electron chi connectivity index (χ3n) is 3.33. The second kappa shape index (κ2) is 6.34. The van der Waals surface area contributed by atoms with Gasteiger partial charge in [0.25, 0.3) is 5.91 Å². The molecule has 0 saturated heterocycles. The van der Waals surface area contributed by atoms with Crippen LogP contribution < -0.4 is 15.8 Å². The predicted octanol–water partition coefficient (Wildman–Crippen LogP) is 2.08. The molecule has 1 atom stereocenters. The van der Waals surface area contributed by atoms with E-state index < -0.39 is 25.2 Å². The highest BCUT2D eigenvalue weighted by molar-refractivity contribution is 5.77. The average Bonchev–Trinajstić information content (AvgIpc) is 2.43. The monoisotopic (exact) mass is 302 g/mol. The van der Waals surface area contributed by atoms with Crippen molar-refractivity contribution in [1.29, 1.82) is 0 Å². The van der Waals surface area contributed by atoms with Gasteiger partial charge in [0.05, 0.1) is 0 Å². The summed E-state index contributed by atoms with van der Waals surface area (Å²) >= 11 is 0. The largest absolute Gasteiger partial charge is 0.484 e. The summed E-state index contributed by atoms with van der Waals surface area (Å²) in [5.41, 5.74) is 8.14. The first-order chi connectivity index (χ1) is 9.85. The number of carbonyl (C=O) groups excluding carboxylic acids is 1. The Balaban J connectivity index is 1.89. The average molecular weight is 302 g/mol. The Morgan fingerprint density at radius 1 is 1.43 bits per heavy atom. The van der Waals surface area contributed by atoms with Gasteiger partial charge in [0.15, 0.2) is 6.61 Å². The predicted molar refractivity (Wildman–Crippen MR) is 70.9 cm³/mol. The van der Waals surface area contributed by atoms with Crippen LogP contribution >= 0.6 is 0 Å². The van der Waals surface area contributed by atoms with Gasteiger partial charge in [-0.3, -0.25) is 4.79 Å². The maximum atomic E-state index is 11.9. The molecule has 21 heavy (non-hydrogen) atoms. The molecular weight excluding hydrogens is 285 g/mol. The van der Waals surface area contributed by atoms with Crippen LogP contribution in [0.25, 0.3) is 0 Å². The molecule has 0 aliphatic heterocycles. The van der Waals surface area contributed by atoms with E-state index in [1.165, 1.54) is 0 Å². The van der Waals surface area contributed by atoms with Crippen LogP contribution in [0.15, 0.2) is 18.2 Å². The highest BCUT2D eigenvalue weighted by Gasteiger charge is 2.27. The molecule has 1 amide bonds. The van der Waals surface area contributed by atoms with Crippen molar-refractivity contribution in [3.05, 3.63) is 29.3 Å². The number of nitrogens with two attached hydrogens (primary N) is 1. The maximum Gasteiger partial charge on any atom is 0.405 e. The summed E-state index contributed by atoms with van der Waals surface area (Å²) in [5.74, 6) is -0.373. The summed E-state index contributed by atoms with van der Waals surface area (Å²) in [5, 5.41) is 1.75. The van der Waals surface area contributed by atoms with E-state index in [0.717, 1.165) is 30.4 Å². The van der Waals surface area contributed by atoms with E-state index in [-0.39, 0.29) is 6.04 Å². The fourth-order valence-corrected chi connectivity index (χ4v) is 2.30. The SMILES string of the molecule is N[C@H]1CCCc2ccc(OCC(=O)NCC(F)(F)F)cc21. The number of rotatable bonds is 4. The first-order valence-electron chi connectivity index (χ1n) is 6.70. The summed E-state index contributed by atoms with van der Waals surface area (Å²) in [7, 11) is 0. The molecule has 0 bridgehead atoms. The minimum absolute atomic E-state index is 0.0589. The number of aryl methyl sites for hydroxylation is 1. The minimum atomic E-state index is -4.42. The van der Waals surface area contributed by atoms with Gasteiger partial charge in [0, 0.05) is 6.04 Å². The van der Waals surface area contributed by atoms with Crippen molar-refractivity contribution < 1.29 is 22.7 Å². The molecule has 7 heteroatoms. The summed E-state index contributed by atoms with van der Waals surface area (Å²) in [6.45, 7) is -1.81. The number of carbonyl (C=O) groups is 1. The second-order valence-corrected chi connectivity index (χ2v) is 5.04. The molecule has 2 rings (SSSR count). The molecule has 4 nitrogen and oxygen atoms in total. The van der Waals surface area contributed by atoms with Crippen LogP contribution in [0.3, 0.4) is 0 Å². The van der Waals surface area contributed by atoms with E-state index in [9.17, 15) is 18.0 Å². The van der Waals surface area contributed by atoms with Crippen molar-refractivity contribution in [2.24, 2.45) is 5.73 Å². The van der Waals surface area contributed by atoms with Gasteiger partial charge in [0.1, 0.15) is 12.3 Å². The van der Waals surface area contributed by atoms with Crippen LogP contribution in [0.1, 0.15) is 30.0 Å². The topological polar surface area (TPSA) is 64.3 Å². The lowest BCUT2D eigenvalue weighted by Crippen LogP contribution is -2.36. The number of hydrogen-bond acceptors (Lipinski definition) is 3. The van der Waals surface area contributed by atoms with Crippen molar-refractivity contribution in [2.45, 2.75) is 31.5 Å². The molecule has 0 heterocycles. The molecule has 1 aromatic rings. The van der Waals surface area contributed by atoms with E-state index in [0.29, 0.717) is 5.75 Å².